The molecule has 0 amide bonds. The molecule has 0 radical (unpaired) electrons. The number of likely N-dealkylation sites (N-methyl/N-ethyl adjacent to an activating group) is 1. The highest BCUT2D eigenvalue weighted by atomic mass is 31.2. The van der Waals surface area contributed by atoms with Gasteiger partial charge in [-0.15, -0.1) is 0 Å². The van der Waals surface area contributed by atoms with Crippen molar-refractivity contribution < 1.29 is 42.1 Å². The molecule has 2 atom stereocenters. The zero-order valence-corrected chi connectivity index (χ0v) is 35.7. The molecule has 0 fully saturated rings. The SMILES string of the molecule is CCCCCCCCCCCCCCCCCCCCC(=O)OC[C@H](COP(=O)(O)OCC[N+](C)(C)C)OC(=O)CCCCCCCCCCCC. The summed E-state index contributed by atoms with van der Waals surface area (Å²) in [7, 11) is 1.49. The third-order valence-electron chi connectivity index (χ3n) is 9.64. The van der Waals surface area contributed by atoms with Gasteiger partial charge in [-0.3, -0.25) is 18.6 Å². The summed E-state index contributed by atoms with van der Waals surface area (Å²) in [5.41, 5.74) is 0. The summed E-state index contributed by atoms with van der Waals surface area (Å²) in [6, 6.07) is 0. The van der Waals surface area contributed by atoms with Gasteiger partial charge in [-0.1, -0.05) is 181 Å². The summed E-state index contributed by atoms with van der Waals surface area (Å²) in [6.45, 7) is 4.44. The van der Waals surface area contributed by atoms with Gasteiger partial charge < -0.3 is 18.9 Å². The fourth-order valence-corrected chi connectivity index (χ4v) is 6.93. The summed E-state index contributed by atoms with van der Waals surface area (Å²) in [6.07, 6.45) is 34.4. The van der Waals surface area contributed by atoms with E-state index in [0.717, 1.165) is 32.1 Å². The number of unbranched alkanes of at least 4 members (excludes halogenated alkanes) is 26. The second-order valence-electron chi connectivity index (χ2n) is 16.1. The monoisotopic (exact) mass is 763 g/mol. The van der Waals surface area contributed by atoms with E-state index in [1.165, 1.54) is 141 Å². The molecule has 310 valence electrons. The number of hydrogen-bond acceptors (Lipinski definition) is 7. The molecule has 0 aromatic heterocycles. The minimum atomic E-state index is -4.36. The fraction of sp³-hybridized carbons (Fsp3) is 0.952. The van der Waals surface area contributed by atoms with E-state index in [1.807, 2.05) is 21.1 Å². The highest BCUT2D eigenvalue weighted by Gasteiger charge is 2.27. The first-order chi connectivity index (χ1) is 25.0. The van der Waals surface area contributed by atoms with E-state index in [4.69, 9.17) is 18.5 Å². The van der Waals surface area contributed by atoms with Gasteiger partial charge in [0.15, 0.2) is 6.10 Å². The van der Waals surface area contributed by atoms with E-state index >= 15 is 0 Å². The first kappa shape index (κ1) is 51.0. The lowest BCUT2D eigenvalue weighted by molar-refractivity contribution is -0.870. The van der Waals surface area contributed by atoms with Crippen LogP contribution in [0.3, 0.4) is 0 Å². The Balaban J connectivity index is 4.24. The molecule has 10 heteroatoms. The number of carbonyl (C=O) groups excluding carboxylic acids is 2. The minimum absolute atomic E-state index is 0.0366. The third-order valence-corrected chi connectivity index (χ3v) is 10.6. The number of phosphoric ester groups is 1. The van der Waals surface area contributed by atoms with Crippen molar-refractivity contribution in [2.75, 3.05) is 47.5 Å². The number of phosphoric acid groups is 1. The van der Waals surface area contributed by atoms with E-state index < -0.39 is 26.5 Å². The van der Waals surface area contributed by atoms with E-state index in [2.05, 4.69) is 13.8 Å². The van der Waals surface area contributed by atoms with Crippen molar-refractivity contribution in [3.63, 3.8) is 0 Å². The van der Waals surface area contributed by atoms with E-state index in [-0.39, 0.29) is 25.6 Å². The summed E-state index contributed by atoms with van der Waals surface area (Å²) in [5.74, 6) is -0.787. The Hall–Kier alpha value is -0.990. The van der Waals surface area contributed by atoms with Crippen LogP contribution in [0.4, 0.5) is 0 Å². The number of esters is 2. The Bertz CT molecular complexity index is 865. The highest BCUT2D eigenvalue weighted by molar-refractivity contribution is 7.47. The topological polar surface area (TPSA) is 108 Å². The molecule has 1 N–H and O–H groups in total. The number of rotatable bonds is 40. The van der Waals surface area contributed by atoms with Crippen LogP contribution in [0.1, 0.15) is 206 Å². The quantitative estimate of drug-likeness (QED) is 0.0284. The van der Waals surface area contributed by atoms with Gasteiger partial charge in [0.25, 0.3) is 0 Å². The van der Waals surface area contributed by atoms with Gasteiger partial charge in [-0.2, -0.15) is 0 Å². The van der Waals surface area contributed by atoms with E-state index in [1.54, 1.807) is 0 Å². The molecule has 0 aromatic carbocycles. The maximum atomic E-state index is 12.6. The summed E-state index contributed by atoms with van der Waals surface area (Å²) < 4.78 is 34.2. The van der Waals surface area contributed by atoms with Crippen molar-refractivity contribution in [3.05, 3.63) is 0 Å². The molecule has 1 unspecified atom stereocenters. The molecule has 52 heavy (non-hydrogen) atoms. The molecule has 0 aliphatic carbocycles. The predicted octanol–water partition coefficient (Wildman–Crippen LogP) is 12.0. The molecule has 0 heterocycles. The molecule has 0 aliphatic heterocycles. The van der Waals surface area contributed by atoms with Crippen LogP contribution in [0, 0.1) is 0 Å². The average Bonchev–Trinajstić information content (AvgIpc) is 3.09. The molecule has 0 rings (SSSR count). The number of hydrogen-bond donors (Lipinski definition) is 1. The zero-order chi connectivity index (χ0) is 38.6. The Morgan fingerprint density at radius 1 is 0.519 bits per heavy atom. The molecule has 9 nitrogen and oxygen atoms in total. The van der Waals surface area contributed by atoms with Crippen LogP contribution in [0.15, 0.2) is 0 Å². The van der Waals surface area contributed by atoms with Crippen molar-refractivity contribution in [1.29, 1.82) is 0 Å². The summed E-state index contributed by atoms with van der Waals surface area (Å²) in [4.78, 5) is 35.2. The molecular weight excluding hydrogens is 677 g/mol. The third kappa shape index (κ3) is 38.7. The second-order valence-corrected chi connectivity index (χ2v) is 17.6. The van der Waals surface area contributed by atoms with Crippen LogP contribution in [-0.2, 0) is 32.7 Å². The predicted molar refractivity (Wildman–Crippen MR) is 215 cm³/mol. The lowest BCUT2D eigenvalue weighted by Crippen LogP contribution is -2.37. The van der Waals surface area contributed by atoms with Crippen LogP contribution < -0.4 is 0 Å². The van der Waals surface area contributed by atoms with Crippen molar-refractivity contribution in [3.8, 4) is 0 Å². The lowest BCUT2D eigenvalue weighted by Gasteiger charge is -2.24. The molecular formula is C42H85NO8P+. The van der Waals surface area contributed by atoms with E-state index in [0.29, 0.717) is 23.9 Å². The van der Waals surface area contributed by atoms with Crippen molar-refractivity contribution in [2.45, 2.75) is 213 Å². The summed E-state index contributed by atoms with van der Waals surface area (Å²) in [5, 5.41) is 0. The molecule has 0 aromatic rings. The summed E-state index contributed by atoms with van der Waals surface area (Å²) >= 11 is 0. The minimum Gasteiger partial charge on any atom is -0.462 e. The Morgan fingerprint density at radius 3 is 1.23 bits per heavy atom. The van der Waals surface area contributed by atoms with Gasteiger partial charge in [0.2, 0.25) is 0 Å². The van der Waals surface area contributed by atoms with Crippen LogP contribution in [0.2, 0.25) is 0 Å². The molecule has 0 saturated heterocycles. The lowest BCUT2D eigenvalue weighted by atomic mass is 10.0. The van der Waals surface area contributed by atoms with Gasteiger partial charge in [0.1, 0.15) is 19.8 Å². The van der Waals surface area contributed by atoms with Gasteiger partial charge in [0.05, 0.1) is 27.7 Å². The molecule has 0 saturated carbocycles. The number of nitrogens with zero attached hydrogens (tertiary/aromatic N) is 1. The Kier molecular flexibility index (Phi) is 35.0. The standard InChI is InChI=1S/C42H84NO8P/c1-6-8-10-12-14-16-18-19-20-21-22-23-24-25-27-28-30-32-34-41(44)48-38-40(39-50-52(46,47)49-37-36-43(3,4)5)51-42(45)35-33-31-29-26-17-15-13-11-9-7-2/h40H,6-39H2,1-5H3/p+1/t40-/m1/s1. The molecule has 0 bridgehead atoms. The van der Waals surface area contributed by atoms with Gasteiger partial charge >= 0.3 is 19.8 Å². The van der Waals surface area contributed by atoms with Crippen molar-refractivity contribution in [2.24, 2.45) is 0 Å². The van der Waals surface area contributed by atoms with Crippen LogP contribution in [0.5, 0.6) is 0 Å². The highest BCUT2D eigenvalue weighted by Crippen LogP contribution is 2.43. The normalized spacial score (nSPS) is 13.6. The maximum Gasteiger partial charge on any atom is 0.472 e. The molecule has 0 spiro atoms. The van der Waals surface area contributed by atoms with Gasteiger partial charge in [-0.25, -0.2) is 4.57 Å². The van der Waals surface area contributed by atoms with Crippen molar-refractivity contribution in [1.82, 2.24) is 0 Å². The molecule has 0 aliphatic rings. The Morgan fingerprint density at radius 2 is 0.865 bits per heavy atom. The van der Waals surface area contributed by atoms with Crippen LogP contribution in [-0.4, -0.2) is 74.9 Å². The first-order valence-corrected chi connectivity index (χ1v) is 23.3. The average molecular weight is 763 g/mol. The zero-order valence-electron chi connectivity index (χ0n) is 34.8. The van der Waals surface area contributed by atoms with E-state index in [9.17, 15) is 19.0 Å². The Labute approximate surface area is 321 Å². The smallest absolute Gasteiger partial charge is 0.462 e. The number of quaternary nitrogens is 1. The maximum absolute atomic E-state index is 12.6. The van der Waals surface area contributed by atoms with Gasteiger partial charge in [0, 0.05) is 12.8 Å². The largest absolute Gasteiger partial charge is 0.472 e. The van der Waals surface area contributed by atoms with Crippen LogP contribution >= 0.6 is 7.82 Å². The van der Waals surface area contributed by atoms with Crippen LogP contribution in [0.25, 0.3) is 0 Å². The van der Waals surface area contributed by atoms with Gasteiger partial charge in [-0.05, 0) is 12.8 Å². The first-order valence-electron chi connectivity index (χ1n) is 21.8. The number of ether oxygens (including phenoxy) is 2. The fourth-order valence-electron chi connectivity index (χ4n) is 6.19. The number of carbonyl (C=O) groups is 2. The second kappa shape index (κ2) is 35.7. The van der Waals surface area contributed by atoms with Crippen molar-refractivity contribution >= 4 is 19.8 Å².